The van der Waals surface area contributed by atoms with E-state index < -0.39 is 5.97 Å². The van der Waals surface area contributed by atoms with Crippen LogP contribution in [0.15, 0.2) is 24.3 Å². The number of carbonyl (C=O) groups excluding carboxylic acids is 1. The fourth-order valence-corrected chi connectivity index (χ4v) is 6.51. The average molecular weight is 675 g/mol. The van der Waals surface area contributed by atoms with Crippen LogP contribution < -0.4 is 0 Å². The highest BCUT2D eigenvalue weighted by molar-refractivity contribution is 5.69. The van der Waals surface area contributed by atoms with Crippen LogP contribution in [-0.2, 0) is 14.3 Å². The molecule has 0 aliphatic rings. The summed E-state index contributed by atoms with van der Waals surface area (Å²) in [5, 5.41) is 8.68. The second-order valence-corrected chi connectivity index (χ2v) is 14.5. The van der Waals surface area contributed by atoms with Crippen molar-refractivity contribution < 1.29 is 19.4 Å². The Hall–Kier alpha value is -1.58. The van der Waals surface area contributed by atoms with Gasteiger partial charge < -0.3 is 9.84 Å². The third-order valence-electron chi connectivity index (χ3n) is 9.68. The average Bonchev–Trinajstić information content (AvgIpc) is 3.07. The van der Waals surface area contributed by atoms with Gasteiger partial charge in [-0.2, -0.15) is 0 Å². The Morgan fingerprint density at radius 1 is 0.458 bits per heavy atom. The van der Waals surface area contributed by atoms with Gasteiger partial charge >= 0.3 is 11.9 Å². The number of esters is 1. The maximum atomic E-state index is 12.6. The molecule has 0 aliphatic heterocycles. The SMILES string of the molecule is CCCCC/C=C\C/C=C\CCCCCCCCCC(=O)OC(CCCCCC)CCCCCCCCCCCCCCCCC(=O)O. The highest BCUT2D eigenvalue weighted by Gasteiger charge is 2.14. The van der Waals surface area contributed by atoms with Gasteiger partial charge in [0.1, 0.15) is 6.10 Å². The number of unbranched alkanes of at least 4 members (excludes halogenated alkanes) is 26. The van der Waals surface area contributed by atoms with Crippen molar-refractivity contribution in [2.45, 2.75) is 245 Å². The van der Waals surface area contributed by atoms with Crippen LogP contribution in [0.5, 0.6) is 0 Å². The number of aliphatic carboxylic acids is 1. The van der Waals surface area contributed by atoms with Crippen LogP contribution in [0.1, 0.15) is 239 Å². The lowest BCUT2D eigenvalue weighted by molar-refractivity contribution is -0.150. The molecule has 0 radical (unpaired) electrons. The molecule has 4 nitrogen and oxygen atoms in total. The van der Waals surface area contributed by atoms with Crippen molar-refractivity contribution in [2.24, 2.45) is 0 Å². The Balaban J connectivity index is 3.78. The first-order chi connectivity index (χ1) is 23.6. The van der Waals surface area contributed by atoms with Crippen molar-refractivity contribution >= 4 is 11.9 Å². The molecule has 4 heteroatoms. The van der Waals surface area contributed by atoms with Gasteiger partial charge in [-0.25, -0.2) is 0 Å². The van der Waals surface area contributed by atoms with Crippen LogP contribution in [0.3, 0.4) is 0 Å². The van der Waals surface area contributed by atoms with Crippen molar-refractivity contribution in [2.75, 3.05) is 0 Å². The van der Waals surface area contributed by atoms with E-state index in [0.29, 0.717) is 12.8 Å². The van der Waals surface area contributed by atoms with Crippen molar-refractivity contribution in [1.29, 1.82) is 0 Å². The van der Waals surface area contributed by atoms with Crippen molar-refractivity contribution in [3.63, 3.8) is 0 Å². The summed E-state index contributed by atoms with van der Waals surface area (Å²) in [7, 11) is 0. The normalized spacial score (nSPS) is 12.4. The first-order valence-electron chi connectivity index (χ1n) is 21.3. The molecular weight excluding hydrogens is 592 g/mol. The Morgan fingerprint density at radius 2 is 0.812 bits per heavy atom. The van der Waals surface area contributed by atoms with E-state index in [4.69, 9.17) is 9.84 Å². The number of carboxylic acids is 1. The lowest BCUT2D eigenvalue weighted by atomic mass is 10.0. The number of ether oxygens (including phenoxy) is 1. The Labute approximate surface area is 299 Å². The molecule has 0 aromatic rings. The standard InChI is InChI=1S/C44H82O4/c1-3-5-7-9-10-11-12-13-14-15-16-21-24-27-30-33-37-41-44(47)48-42(38-34-8-6-4-2)39-35-31-28-25-22-19-17-18-20-23-26-29-32-36-40-43(45)46/h10-11,13-14,42H,3-9,12,15-41H2,1-2H3,(H,45,46)/b11-10-,14-13-. The molecule has 0 amide bonds. The summed E-state index contributed by atoms with van der Waals surface area (Å²) >= 11 is 0. The summed E-state index contributed by atoms with van der Waals surface area (Å²) in [6, 6.07) is 0. The number of hydrogen-bond donors (Lipinski definition) is 1. The van der Waals surface area contributed by atoms with Gasteiger partial charge in [0.15, 0.2) is 0 Å². The van der Waals surface area contributed by atoms with E-state index in [1.165, 1.54) is 167 Å². The monoisotopic (exact) mass is 675 g/mol. The summed E-state index contributed by atoms with van der Waals surface area (Å²) in [6.45, 7) is 4.51. The third kappa shape index (κ3) is 38.9. The van der Waals surface area contributed by atoms with E-state index in [2.05, 4.69) is 38.2 Å². The molecule has 0 aliphatic carbocycles. The summed E-state index contributed by atoms with van der Waals surface area (Å²) < 4.78 is 6.02. The van der Waals surface area contributed by atoms with Gasteiger partial charge in [0.05, 0.1) is 0 Å². The number of allylic oxidation sites excluding steroid dienone is 4. The lowest BCUT2D eigenvalue weighted by Gasteiger charge is -2.18. The van der Waals surface area contributed by atoms with Crippen LogP contribution in [0, 0.1) is 0 Å². The zero-order valence-electron chi connectivity index (χ0n) is 32.3. The topological polar surface area (TPSA) is 63.6 Å². The molecule has 0 rings (SSSR count). The number of carboxylic acid groups (broad SMARTS) is 1. The quantitative estimate of drug-likeness (QED) is 0.0400. The molecule has 48 heavy (non-hydrogen) atoms. The van der Waals surface area contributed by atoms with E-state index in [1.54, 1.807) is 0 Å². The molecule has 0 spiro atoms. The van der Waals surface area contributed by atoms with Gasteiger partial charge in [0.25, 0.3) is 0 Å². The molecular formula is C44H82O4. The molecule has 0 saturated heterocycles. The molecule has 0 bridgehead atoms. The van der Waals surface area contributed by atoms with Gasteiger partial charge in [-0.1, -0.05) is 179 Å². The fraction of sp³-hybridized carbons (Fsp3) is 0.864. The summed E-state index contributed by atoms with van der Waals surface area (Å²) in [5.74, 6) is -0.627. The molecule has 1 N–H and O–H groups in total. The fourth-order valence-electron chi connectivity index (χ4n) is 6.51. The second kappa shape index (κ2) is 39.9. The van der Waals surface area contributed by atoms with E-state index in [9.17, 15) is 9.59 Å². The van der Waals surface area contributed by atoms with E-state index in [1.807, 2.05) is 0 Å². The molecule has 1 atom stereocenters. The predicted molar refractivity (Wildman–Crippen MR) is 209 cm³/mol. The first kappa shape index (κ1) is 46.4. The maximum absolute atomic E-state index is 12.6. The molecule has 0 saturated carbocycles. The lowest BCUT2D eigenvalue weighted by Crippen LogP contribution is -2.18. The van der Waals surface area contributed by atoms with Crippen LogP contribution >= 0.6 is 0 Å². The van der Waals surface area contributed by atoms with Gasteiger partial charge in [0.2, 0.25) is 0 Å². The molecule has 0 aromatic carbocycles. The van der Waals surface area contributed by atoms with Gasteiger partial charge in [-0.05, 0) is 70.6 Å². The van der Waals surface area contributed by atoms with Crippen LogP contribution in [0.4, 0.5) is 0 Å². The minimum Gasteiger partial charge on any atom is -0.481 e. The number of hydrogen-bond acceptors (Lipinski definition) is 3. The maximum Gasteiger partial charge on any atom is 0.306 e. The zero-order valence-corrected chi connectivity index (χ0v) is 32.3. The van der Waals surface area contributed by atoms with E-state index >= 15 is 0 Å². The van der Waals surface area contributed by atoms with Crippen molar-refractivity contribution in [3.05, 3.63) is 24.3 Å². The minimum absolute atomic E-state index is 0.0382. The molecule has 282 valence electrons. The Bertz CT molecular complexity index is 727. The van der Waals surface area contributed by atoms with Crippen molar-refractivity contribution in [1.82, 2.24) is 0 Å². The third-order valence-corrected chi connectivity index (χ3v) is 9.68. The Kier molecular flexibility index (Phi) is 38.5. The molecule has 0 aromatic heterocycles. The van der Waals surface area contributed by atoms with Crippen LogP contribution in [0.25, 0.3) is 0 Å². The van der Waals surface area contributed by atoms with E-state index in [0.717, 1.165) is 44.9 Å². The summed E-state index contributed by atoms with van der Waals surface area (Å²) in [6.07, 6.45) is 50.9. The number of rotatable bonds is 39. The molecule has 0 heterocycles. The highest BCUT2D eigenvalue weighted by Crippen LogP contribution is 2.19. The zero-order chi connectivity index (χ0) is 35.0. The molecule has 1 unspecified atom stereocenters. The van der Waals surface area contributed by atoms with Crippen LogP contribution in [0.2, 0.25) is 0 Å². The van der Waals surface area contributed by atoms with Gasteiger partial charge in [0, 0.05) is 12.8 Å². The summed E-state index contributed by atoms with van der Waals surface area (Å²) in [5.41, 5.74) is 0. The van der Waals surface area contributed by atoms with Crippen LogP contribution in [-0.4, -0.2) is 23.1 Å². The number of carbonyl (C=O) groups is 2. The largest absolute Gasteiger partial charge is 0.481 e. The first-order valence-corrected chi connectivity index (χ1v) is 21.3. The smallest absolute Gasteiger partial charge is 0.306 e. The van der Waals surface area contributed by atoms with E-state index in [-0.39, 0.29) is 12.1 Å². The molecule has 0 fully saturated rings. The van der Waals surface area contributed by atoms with Crippen molar-refractivity contribution in [3.8, 4) is 0 Å². The predicted octanol–water partition coefficient (Wildman–Crippen LogP) is 14.8. The highest BCUT2D eigenvalue weighted by atomic mass is 16.5. The van der Waals surface area contributed by atoms with Gasteiger partial charge in [-0.15, -0.1) is 0 Å². The minimum atomic E-state index is -0.665. The summed E-state index contributed by atoms with van der Waals surface area (Å²) in [4.78, 5) is 23.2. The Morgan fingerprint density at radius 3 is 1.27 bits per heavy atom. The van der Waals surface area contributed by atoms with Gasteiger partial charge in [-0.3, -0.25) is 9.59 Å². The second-order valence-electron chi connectivity index (χ2n) is 14.5.